The number of aliphatic hydroxyl groups is 1. The van der Waals surface area contributed by atoms with Gasteiger partial charge in [-0.3, -0.25) is 4.79 Å². The van der Waals surface area contributed by atoms with Gasteiger partial charge in [0.25, 0.3) is 0 Å². The predicted octanol–water partition coefficient (Wildman–Crippen LogP) is 6.45. The van der Waals surface area contributed by atoms with Crippen molar-refractivity contribution < 1.29 is 19.0 Å². The summed E-state index contributed by atoms with van der Waals surface area (Å²) in [6.45, 7) is 6.69. The van der Waals surface area contributed by atoms with E-state index in [2.05, 4.69) is 0 Å². The van der Waals surface area contributed by atoms with Gasteiger partial charge in [-0.1, -0.05) is 35.9 Å². The van der Waals surface area contributed by atoms with Crippen molar-refractivity contribution in [3.8, 4) is 11.1 Å². The molecular formula is C24H24ClFO3. The highest BCUT2D eigenvalue weighted by atomic mass is 35.5. The number of hydrogen-bond acceptors (Lipinski definition) is 3. The number of hydrogen-bond donors (Lipinski definition) is 1. The Labute approximate surface area is 175 Å². The molecule has 1 N–H and O–H groups in total. The summed E-state index contributed by atoms with van der Waals surface area (Å²) in [5, 5.41) is 11.5. The minimum Gasteiger partial charge on any atom is -0.508 e. The van der Waals surface area contributed by atoms with Gasteiger partial charge in [-0.25, -0.2) is 4.39 Å². The molecule has 0 bridgehead atoms. The lowest BCUT2D eigenvalue weighted by Crippen LogP contribution is -2.49. The van der Waals surface area contributed by atoms with Gasteiger partial charge in [-0.15, -0.1) is 0 Å². The monoisotopic (exact) mass is 414 g/mol. The van der Waals surface area contributed by atoms with Crippen LogP contribution in [-0.4, -0.2) is 22.1 Å². The normalized spacial score (nSPS) is 20.8. The molecule has 0 unspecified atom stereocenters. The van der Waals surface area contributed by atoms with E-state index in [0.717, 1.165) is 18.4 Å². The highest BCUT2D eigenvalue weighted by molar-refractivity contribution is 6.30. The van der Waals surface area contributed by atoms with Crippen LogP contribution >= 0.6 is 11.6 Å². The Morgan fingerprint density at radius 3 is 2.24 bits per heavy atom. The first-order valence-corrected chi connectivity index (χ1v) is 10.2. The molecule has 152 valence electrons. The summed E-state index contributed by atoms with van der Waals surface area (Å²) in [5.41, 5.74) is -0.243. The maximum absolute atomic E-state index is 16.0. The lowest BCUT2D eigenvalue weighted by atomic mass is 9.80. The van der Waals surface area contributed by atoms with Crippen molar-refractivity contribution in [2.75, 3.05) is 0 Å². The molecule has 1 heterocycles. The summed E-state index contributed by atoms with van der Waals surface area (Å²) in [5.74, 6) is -0.944. The van der Waals surface area contributed by atoms with Gasteiger partial charge in [-0.2, -0.15) is 0 Å². The molecule has 1 saturated carbocycles. The summed E-state index contributed by atoms with van der Waals surface area (Å²) in [7, 11) is 0. The largest absolute Gasteiger partial charge is 0.508 e. The molecule has 0 radical (unpaired) electrons. The molecule has 3 nitrogen and oxygen atoms in total. The Bertz CT molecular complexity index is 1030. The number of carbonyl (C=O) groups is 1. The molecule has 29 heavy (non-hydrogen) atoms. The molecule has 0 aromatic heterocycles. The fraction of sp³-hybridized carbons (Fsp3) is 0.375. The number of halogens is 2. The quantitative estimate of drug-likeness (QED) is 0.627. The lowest BCUT2D eigenvalue weighted by Gasteiger charge is -2.41. The second-order valence-electron chi connectivity index (χ2n) is 8.85. The van der Waals surface area contributed by atoms with E-state index in [4.69, 9.17) is 16.3 Å². The molecule has 5 heteroatoms. The number of aliphatic hydroxyl groups excluding tert-OH is 1. The van der Waals surface area contributed by atoms with Crippen molar-refractivity contribution in [2.45, 2.75) is 57.7 Å². The third kappa shape index (κ3) is 3.38. The third-order valence-electron chi connectivity index (χ3n) is 5.69. The molecular weight excluding hydrogens is 391 g/mol. The SMILES string of the molecule is CC1(C)OC(C)(C)C(O)=C(c2c(C3CC3)ccc(-c3ccc(Cl)cc3)c2F)C1=O. The highest BCUT2D eigenvalue weighted by Crippen LogP contribution is 2.49. The van der Waals surface area contributed by atoms with Crippen molar-refractivity contribution in [3.63, 3.8) is 0 Å². The fourth-order valence-corrected chi connectivity index (χ4v) is 4.23. The van der Waals surface area contributed by atoms with Crippen LogP contribution in [0.5, 0.6) is 0 Å². The van der Waals surface area contributed by atoms with E-state index in [1.54, 1.807) is 58.0 Å². The Hall–Kier alpha value is -2.17. The third-order valence-corrected chi connectivity index (χ3v) is 5.94. The van der Waals surface area contributed by atoms with Crippen LogP contribution in [0.2, 0.25) is 5.02 Å². The molecule has 0 atom stereocenters. The first-order chi connectivity index (χ1) is 13.5. The van der Waals surface area contributed by atoms with Crippen molar-refractivity contribution >= 4 is 23.0 Å². The summed E-state index contributed by atoms with van der Waals surface area (Å²) in [6.07, 6.45) is 1.89. The smallest absolute Gasteiger partial charge is 0.198 e. The van der Waals surface area contributed by atoms with Crippen molar-refractivity contribution in [1.82, 2.24) is 0 Å². The zero-order valence-corrected chi connectivity index (χ0v) is 17.7. The number of carbonyl (C=O) groups excluding carboxylic acids is 1. The van der Waals surface area contributed by atoms with E-state index in [9.17, 15) is 9.90 Å². The topological polar surface area (TPSA) is 46.5 Å². The van der Waals surface area contributed by atoms with Gasteiger partial charge in [-0.05, 0) is 69.7 Å². The average molecular weight is 415 g/mol. The van der Waals surface area contributed by atoms with E-state index in [-0.39, 0.29) is 22.8 Å². The second-order valence-corrected chi connectivity index (χ2v) is 9.28. The van der Waals surface area contributed by atoms with Gasteiger partial charge in [0.15, 0.2) is 5.78 Å². The van der Waals surface area contributed by atoms with Crippen LogP contribution in [0.4, 0.5) is 4.39 Å². The van der Waals surface area contributed by atoms with Gasteiger partial charge in [0.1, 0.15) is 22.8 Å². The zero-order valence-electron chi connectivity index (χ0n) is 17.0. The van der Waals surface area contributed by atoms with Crippen LogP contribution in [-0.2, 0) is 9.53 Å². The number of rotatable bonds is 3. The van der Waals surface area contributed by atoms with Gasteiger partial charge in [0, 0.05) is 16.1 Å². The number of benzene rings is 2. The molecule has 2 aromatic carbocycles. The first kappa shape index (κ1) is 20.1. The van der Waals surface area contributed by atoms with Gasteiger partial charge < -0.3 is 9.84 Å². The molecule has 2 aromatic rings. The van der Waals surface area contributed by atoms with E-state index in [1.807, 2.05) is 6.07 Å². The summed E-state index contributed by atoms with van der Waals surface area (Å²) in [6, 6.07) is 10.5. The molecule has 0 saturated heterocycles. The predicted molar refractivity (Wildman–Crippen MR) is 113 cm³/mol. The lowest BCUT2D eigenvalue weighted by molar-refractivity contribution is -0.158. The molecule has 4 rings (SSSR count). The molecule has 1 aliphatic carbocycles. The van der Waals surface area contributed by atoms with E-state index < -0.39 is 22.8 Å². The Kier molecular flexibility index (Phi) is 4.63. The van der Waals surface area contributed by atoms with Crippen LogP contribution in [0, 0.1) is 5.82 Å². The average Bonchev–Trinajstić information content (AvgIpc) is 3.47. The van der Waals surface area contributed by atoms with Crippen LogP contribution in [0.15, 0.2) is 42.2 Å². The summed E-state index contributed by atoms with van der Waals surface area (Å²) in [4.78, 5) is 13.3. The first-order valence-electron chi connectivity index (χ1n) is 9.80. The zero-order chi connectivity index (χ0) is 21.1. The van der Waals surface area contributed by atoms with E-state index >= 15 is 4.39 Å². The van der Waals surface area contributed by atoms with Crippen LogP contribution in [0.3, 0.4) is 0 Å². The standard InChI is InChI=1S/C24H24ClFO3/c1-23(2)21(27)19(22(28)24(3,4)29-23)18-16(13-5-6-13)11-12-17(20(18)26)14-7-9-15(25)10-8-14/h7-13,27H,5-6H2,1-4H3. The number of Topliss-reactive ketones (excluding diaryl/α,β-unsaturated/α-hetero) is 1. The maximum atomic E-state index is 16.0. The molecule has 1 fully saturated rings. The molecule has 1 aliphatic heterocycles. The van der Waals surface area contributed by atoms with Crippen LogP contribution < -0.4 is 0 Å². The van der Waals surface area contributed by atoms with E-state index in [1.165, 1.54) is 0 Å². The van der Waals surface area contributed by atoms with Crippen molar-refractivity contribution in [3.05, 3.63) is 64.1 Å². The summed E-state index contributed by atoms with van der Waals surface area (Å²) >= 11 is 5.98. The Morgan fingerprint density at radius 2 is 1.66 bits per heavy atom. The van der Waals surface area contributed by atoms with Crippen molar-refractivity contribution in [1.29, 1.82) is 0 Å². The number of ketones is 1. The molecule has 0 amide bonds. The fourth-order valence-electron chi connectivity index (χ4n) is 4.11. The Morgan fingerprint density at radius 1 is 1.03 bits per heavy atom. The van der Waals surface area contributed by atoms with Gasteiger partial charge in [0.2, 0.25) is 0 Å². The molecule has 0 spiro atoms. The minimum absolute atomic E-state index is 0.0291. The Balaban J connectivity index is 2.00. The minimum atomic E-state index is -1.17. The van der Waals surface area contributed by atoms with Crippen molar-refractivity contribution in [2.24, 2.45) is 0 Å². The maximum Gasteiger partial charge on any atom is 0.198 e. The molecule has 2 aliphatic rings. The second kappa shape index (κ2) is 6.68. The summed E-state index contributed by atoms with van der Waals surface area (Å²) < 4.78 is 21.8. The van der Waals surface area contributed by atoms with Crippen LogP contribution in [0.25, 0.3) is 16.7 Å². The van der Waals surface area contributed by atoms with Gasteiger partial charge in [0.05, 0.1) is 5.57 Å². The van der Waals surface area contributed by atoms with Gasteiger partial charge >= 0.3 is 0 Å². The van der Waals surface area contributed by atoms with E-state index in [0.29, 0.717) is 16.1 Å². The highest BCUT2D eigenvalue weighted by Gasteiger charge is 2.48. The van der Waals surface area contributed by atoms with Crippen LogP contribution in [0.1, 0.15) is 57.6 Å². The number of ether oxygens (including phenoxy) is 1.